The van der Waals surface area contributed by atoms with Gasteiger partial charge in [-0.2, -0.15) is 0 Å². The Morgan fingerprint density at radius 2 is 2.23 bits per heavy atom. The van der Waals surface area contributed by atoms with Crippen LogP contribution in [0.15, 0.2) is 32.9 Å². The average molecular weight is 371 g/mol. The summed E-state index contributed by atoms with van der Waals surface area (Å²) in [6.07, 6.45) is 0.970. The van der Waals surface area contributed by atoms with E-state index in [0.29, 0.717) is 10.2 Å². The molecule has 0 unspecified atom stereocenters. The van der Waals surface area contributed by atoms with Crippen LogP contribution < -0.4 is 11.1 Å². The van der Waals surface area contributed by atoms with Gasteiger partial charge in [-0.1, -0.05) is 29.0 Å². The van der Waals surface area contributed by atoms with Crippen molar-refractivity contribution >= 4 is 57.1 Å². The van der Waals surface area contributed by atoms with Crippen molar-refractivity contribution in [3.05, 3.63) is 33.6 Å². The molecule has 10 heteroatoms. The predicted molar refractivity (Wildman–Crippen MR) is 92.0 cm³/mol. The number of nitrogen functional groups attached to an aromatic ring is 1. The topological polar surface area (TPSA) is 89.6 Å². The highest BCUT2D eigenvalue weighted by molar-refractivity contribution is 8.01. The summed E-state index contributed by atoms with van der Waals surface area (Å²) in [5.41, 5.74) is 5.57. The Morgan fingerprint density at radius 1 is 1.32 bits per heavy atom. The van der Waals surface area contributed by atoms with Crippen LogP contribution in [0.2, 0.25) is 5.15 Å². The van der Waals surface area contributed by atoms with Gasteiger partial charge in [-0.3, -0.25) is 0 Å². The minimum atomic E-state index is 0.147. The third kappa shape index (κ3) is 4.29. The van der Waals surface area contributed by atoms with Crippen LogP contribution >= 0.6 is 46.0 Å². The minimum Gasteiger partial charge on any atom is -0.368 e. The number of anilines is 2. The van der Waals surface area contributed by atoms with Crippen molar-refractivity contribution < 1.29 is 0 Å². The standard InChI is InChI=1S/C12H11ClN6S3/c13-8-6-9(17-10(14)16-8)21-12-19-18-11(22-12)15-4-3-7-2-1-5-20-7/h1-2,5-6H,3-4H2,(H,15,18)(H2,14,16,17). The summed E-state index contributed by atoms with van der Waals surface area (Å²) in [4.78, 5) is 9.27. The smallest absolute Gasteiger partial charge is 0.222 e. The molecule has 0 aromatic carbocycles. The molecule has 0 aliphatic rings. The van der Waals surface area contributed by atoms with Gasteiger partial charge in [-0.05, 0) is 29.6 Å². The van der Waals surface area contributed by atoms with Crippen molar-refractivity contribution in [2.45, 2.75) is 15.8 Å². The highest BCUT2D eigenvalue weighted by atomic mass is 35.5. The molecule has 0 amide bonds. The molecule has 114 valence electrons. The van der Waals surface area contributed by atoms with Crippen LogP contribution in [-0.2, 0) is 6.42 Å². The van der Waals surface area contributed by atoms with Crippen LogP contribution in [0.25, 0.3) is 0 Å². The first-order valence-electron chi connectivity index (χ1n) is 6.27. The average Bonchev–Trinajstić information content (AvgIpc) is 3.10. The van der Waals surface area contributed by atoms with Gasteiger partial charge in [0.15, 0.2) is 4.34 Å². The molecule has 0 bridgehead atoms. The van der Waals surface area contributed by atoms with E-state index in [2.05, 4.69) is 43.0 Å². The van der Waals surface area contributed by atoms with Gasteiger partial charge in [0.05, 0.1) is 0 Å². The van der Waals surface area contributed by atoms with E-state index in [1.165, 1.54) is 28.0 Å². The van der Waals surface area contributed by atoms with Crippen molar-refractivity contribution in [1.82, 2.24) is 20.2 Å². The highest BCUT2D eigenvalue weighted by Gasteiger charge is 2.08. The Kier molecular flexibility index (Phi) is 5.08. The fourth-order valence-corrected chi connectivity index (χ4v) is 4.32. The molecule has 3 rings (SSSR count). The lowest BCUT2D eigenvalue weighted by Crippen LogP contribution is -2.03. The van der Waals surface area contributed by atoms with Gasteiger partial charge in [-0.15, -0.1) is 21.5 Å². The number of hydrogen-bond donors (Lipinski definition) is 2. The first-order chi connectivity index (χ1) is 10.7. The van der Waals surface area contributed by atoms with E-state index >= 15 is 0 Å². The van der Waals surface area contributed by atoms with Crippen LogP contribution in [0, 0.1) is 0 Å². The Hall–Kier alpha value is -1.42. The van der Waals surface area contributed by atoms with Crippen molar-refractivity contribution in [1.29, 1.82) is 0 Å². The van der Waals surface area contributed by atoms with Crippen LogP contribution in [0.3, 0.4) is 0 Å². The molecule has 3 aromatic heterocycles. The predicted octanol–water partition coefficient (Wildman–Crippen LogP) is 3.43. The molecule has 3 N–H and O–H groups in total. The van der Waals surface area contributed by atoms with Crippen molar-refractivity contribution in [3.8, 4) is 0 Å². The molecular weight excluding hydrogens is 360 g/mol. The van der Waals surface area contributed by atoms with E-state index in [1.54, 1.807) is 17.4 Å². The van der Waals surface area contributed by atoms with Gasteiger partial charge in [0.1, 0.15) is 10.2 Å². The molecule has 3 heterocycles. The summed E-state index contributed by atoms with van der Waals surface area (Å²) in [7, 11) is 0. The van der Waals surface area contributed by atoms with Crippen LogP contribution in [0.5, 0.6) is 0 Å². The molecule has 0 saturated heterocycles. The van der Waals surface area contributed by atoms with Gasteiger partial charge in [0.25, 0.3) is 0 Å². The summed E-state index contributed by atoms with van der Waals surface area (Å²) in [6, 6.07) is 5.82. The number of nitrogens with one attached hydrogen (secondary N) is 1. The Balaban J connectivity index is 1.56. The number of nitrogens with zero attached hydrogens (tertiary/aromatic N) is 4. The summed E-state index contributed by atoms with van der Waals surface area (Å²) in [6.45, 7) is 0.825. The number of thiophene rings is 1. The van der Waals surface area contributed by atoms with Crippen LogP contribution in [0.4, 0.5) is 11.1 Å². The van der Waals surface area contributed by atoms with Gasteiger partial charge < -0.3 is 11.1 Å². The number of aromatic nitrogens is 4. The lowest BCUT2D eigenvalue weighted by molar-refractivity contribution is 0.977. The molecule has 3 aromatic rings. The molecule has 0 spiro atoms. The van der Waals surface area contributed by atoms with Gasteiger partial charge >= 0.3 is 0 Å². The maximum absolute atomic E-state index is 5.85. The molecule has 0 radical (unpaired) electrons. The lowest BCUT2D eigenvalue weighted by atomic mass is 10.3. The summed E-state index contributed by atoms with van der Waals surface area (Å²) < 4.78 is 0.771. The first kappa shape index (κ1) is 15.5. The van der Waals surface area contributed by atoms with E-state index in [1.807, 2.05) is 0 Å². The largest absolute Gasteiger partial charge is 0.368 e. The highest BCUT2D eigenvalue weighted by Crippen LogP contribution is 2.31. The monoisotopic (exact) mass is 370 g/mol. The molecular formula is C12H11ClN6S3. The number of hydrogen-bond acceptors (Lipinski definition) is 9. The van der Waals surface area contributed by atoms with E-state index in [-0.39, 0.29) is 5.95 Å². The number of rotatable bonds is 6. The van der Waals surface area contributed by atoms with Crippen molar-refractivity contribution in [2.24, 2.45) is 0 Å². The molecule has 0 saturated carbocycles. The third-order valence-electron chi connectivity index (χ3n) is 2.51. The quantitative estimate of drug-likeness (QED) is 0.642. The van der Waals surface area contributed by atoms with Gasteiger partial charge in [0.2, 0.25) is 11.1 Å². The molecule has 22 heavy (non-hydrogen) atoms. The molecule has 0 aliphatic carbocycles. The lowest BCUT2D eigenvalue weighted by Gasteiger charge is -1.99. The normalized spacial score (nSPS) is 10.8. The minimum absolute atomic E-state index is 0.147. The summed E-state index contributed by atoms with van der Waals surface area (Å²) in [5, 5.41) is 15.3. The fraction of sp³-hybridized carbons (Fsp3) is 0.167. The molecule has 6 nitrogen and oxygen atoms in total. The maximum atomic E-state index is 5.85. The maximum Gasteiger partial charge on any atom is 0.222 e. The summed E-state index contributed by atoms with van der Waals surface area (Å²) >= 11 is 10.4. The second-order valence-electron chi connectivity index (χ2n) is 4.12. The van der Waals surface area contributed by atoms with Crippen LogP contribution in [0.1, 0.15) is 4.88 Å². The molecule has 0 aliphatic heterocycles. The zero-order valence-electron chi connectivity index (χ0n) is 11.2. The van der Waals surface area contributed by atoms with Crippen molar-refractivity contribution in [2.75, 3.05) is 17.6 Å². The SMILES string of the molecule is Nc1nc(Cl)cc(Sc2nnc(NCCc3cccs3)s2)n1. The second-order valence-corrected chi connectivity index (χ2v) is 7.78. The fourth-order valence-electron chi connectivity index (χ4n) is 1.63. The Morgan fingerprint density at radius 3 is 3.00 bits per heavy atom. The number of halogens is 1. The first-order valence-corrected chi connectivity index (χ1v) is 9.16. The molecule has 0 atom stereocenters. The summed E-state index contributed by atoms with van der Waals surface area (Å²) in [5.74, 6) is 0.147. The van der Waals surface area contributed by atoms with E-state index in [9.17, 15) is 0 Å². The van der Waals surface area contributed by atoms with Crippen LogP contribution in [-0.4, -0.2) is 26.7 Å². The Bertz CT molecular complexity index is 725. The zero-order chi connectivity index (χ0) is 15.4. The van der Waals surface area contributed by atoms with E-state index < -0.39 is 0 Å². The second kappa shape index (κ2) is 7.23. The van der Waals surface area contributed by atoms with Gasteiger partial charge in [-0.25, -0.2) is 9.97 Å². The third-order valence-corrected chi connectivity index (χ3v) is 5.49. The van der Waals surface area contributed by atoms with E-state index in [0.717, 1.165) is 22.4 Å². The molecule has 0 fully saturated rings. The number of nitrogens with two attached hydrogens (primary N) is 1. The van der Waals surface area contributed by atoms with Gasteiger partial charge in [0, 0.05) is 17.5 Å². The zero-order valence-corrected chi connectivity index (χ0v) is 14.4. The Labute approximate surface area is 144 Å². The van der Waals surface area contributed by atoms with Crippen molar-refractivity contribution in [3.63, 3.8) is 0 Å². The van der Waals surface area contributed by atoms with E-state index in [4.69, 9.17) is 17.3 Å².